The normalized spacial score (nSPS) is 20.1. The van der Waals surface area contributed by atoms with Gasteiger partial charge in [-0.2, -0.15) is 0 Å². The molecule has 2 saturated carbocycles. The van der Waals surface area contributed by atoms with E-state index >= 15 is 0 Å². The van der Waals surface area contributed by atoms with E-state index in [1.165, 1.54) is 31.2 Å². The van der Waals surface area contributed by atoms with E-state index in [-0.39, 0.29) is 0 Å². The summed E-state index contributed by atoms with van der Waals surface area (Å²) in [5.41, 5.74) is 1.41. The predicted molar refractivity (Wildman–Crippen MR) is 85.9 cm³/mol. The first-order valence-corrected chi connectivity index (χ1v) is 8.64. The van der Waals surface area contributed by atoms with Crippen LogP contribution in [0.25, 0.3) is 0 Å². The average Bonchev–Trinajstić information content (AvgIpc) is 3.33. The highest BCUT2D eigenvalue weighted by Gasteiger charge is 2.24. The number of hydrogen-bond acceptors (Lipinski definition) is 2. The highest BCUT2D eigenvalue weighted by atomic mass is 79.9. The van der Waals surface area contributed by atoms with Gasteiger partial charge in [0.15, 0.2) is 0 Å². The van der Waals surface area contributed by atoms with Crippen LogP contribution in [-0.2, 0) is 11.2 Å². The quantitative estimate of drug-likeness (QED) is 0.740. The summed E-state index contributed by atoms with van der Waals surface area (Å²) in [4.78, 5) is 0. The second-order valence-corrected chi connectivity index (χ2v) is 7.28. The minimum Gasteiger partial charge on any atom is -0.381 e. The lowest BCUT2D eigenvalue weighted by atomic mass is 10.00. The predicted octanol–water partition coefficient (Wildman–Crippen LogP) is 3.79. The molecule has 2 aliphatic rings. The second-order valence-electron chi connectivity index (χ2n) is 6.36. The van der Waals surface area contributed by atoms with Crippen LogP contribution in [-0.4, -0.2) is 25.8 Å². The zero-order valence-corrected chi connectivity index (χ0v) is 13.6. The maximum Gasteiger partial charge on any atom is 0.0509 e. The summed E-state index contributed by atoms with van der Waals surface area (Å²) in [5.74, 6) is 1.45. The summed E-state index contributed by atoms with van der Waals surface area (Å²) in [5, 5.41) is 3.65. The molecule has 3 heteroatoms. The lowest BCUT2D eigenvalue weighted by Crippen LogP contribution is -2.29. The van der Waals surface area contributed by atoms with Gasteiger partial charge in [0.1, 0.15) is 0 Å². The minimum absolute atomic E-state index is 0.593. The van der Waals surface area contributed by atoms with Crippen LogP contribution < -0.4 is 5.32 Å². The maximum atomic E-state index is 5.92. The monoisotopic (exact) mass is 337 g/mol. The summed E-state index contributed by atoms with van der Waals surface area (Å²) in [6.45, 7) is 2.96. The summed E-state index contributed by atoms with van der Waals surface area (Å²) >= 11 is 3.50. The number of halogens is 1. The first kappa shape index (κ1) is 14.6. The second kappa shape index (κ2) is 7.06. The molecule has 110 valence electrons. The largest absolute Gasteiger partial charge is 0.381 e. The topological polar surface area (TPSA) is 21.3 Å². The van der Waals surface area contributed by atoms with Crippen LogP contribution in [0.1, 0.15) is 31.2 Å². The molecular weight excluding hydrogens is 314 g/mol. The molecule has 0 radical (unpaired) electrons. The first-order chi connectivity index (χ1) is 9.79. The Labute approximate surface area is 130 Å². The lowest BCUT2D eigenvalue weighted by Gasteiger charge is -2.18. The zero-order chi connectivity index (χ0) is 13.8. The highest BCUT2D eigenvalue weighted by Crippen LogP contribution is 2.29. The van der Waals surface area contributed by atoms with Crippen molar-refractivity contribution in [2.75, 3.05) is 19.8 Å². The average molecular weight is 338 g/mol. The number of nitrogens with one attached hydrogen (secondary N) is 1. The zero-order valence-electron chi connectivity index (χ0n) is 12.0. The summed E-state index contributed by atoms with van der Waals surface area (Å²) in [7, 11) is 0. The molecule has 1 aromatic rings. The van der Waals surface area contributed by atoms with Gasteiger partial charge in [-0.25, -0.2) is 0 Å². The third-order valence-electron chi connectivity index (χ3n) is 4.11. The highest BCUT2D eigenvalue weighted by molar-refractivity contribution is 9.10. The van der Waals surface area contributed by atoms with Crippen LogP contribution in [0.4, 0.5) is 0 Å². The number of ether oxygens (including phenoxy) is 1. The third-order valence-corrected chi connectivity index (χ3v) is 4.64. The van der Waals surface area contributed by atoms with E-state index in [1.807, 2.05) is 0 Å². The molecule has 1 unspecified atom stereocenters. The number of benzene rings is 1. The van der Waals surface area contributed by atoms with Crippen LogP contribution in [0, 0.1) is 11.8 Å². The molecule has 2 aliphatic carbocycles. The molecule has 2 fully saturated rings. The SMILES string of the molecule is Brc1ccc(CC(CNC2CC2)COCC2CC2)cc1. The Morgan fingerprint density at radius 3 is 2.55 bits per heavy atom. The summed E-state index contributed by atoms with van der Waals surface area (Å²) < 4.78 is 7.07. The Balaban J connectivity index is 1.47. The fraction of sp³-hybridized carbons (Fsp3) is 0.647. The van der Waals surface area contributed by atoms with Crippen molar-refractivity contribution < 1.29 is 4.74 Å². The fourth-order valence-corrected chi connectivity index (χ4v) is 2.71. The van der Waals surface area contributed by atoms with Gasteiger partial charge in [0, 0.05) is 23.7 Å². The van der Waals surface area contributed by atoms with Gasteiger partial charge < -0.3 is 10.1 Å². The Kier molecular flexibility index (Phi) is 5.14. The first-order valence-electron chi connectivity index (χ1n) is 7.85. The number of hydrogen-bond donors (Lipinski definition) is 1. The standard InChI is InChI=1S/C17H24BrNO/c18-16-5-3-13(4-6-16)9-15(10-19-17-7-8-17)12-20-11-14-1-2-14/h3-6,14-15,17,19H,1-2,7-12H2. The van der Waals surface area contributed by atoms with Gasteiger partial charge in [-0.1, -0.05) is 28.1 Å². The fourth-order valence-electron chi connectivity index (χ4n) is 2.45. The van der Waals surface area contributed by atoms with Crippen LogP contribution in [0.5, 0.6) is 0 Å². The Hall–Kier alpha value is -0.380. The molecular formula is C17H24BrNO. The van der Waals surface area contributed by atoms with Gasteiger partial charge in [0.05, 0.1) is 6.61 Å². The van der Waals surface area contributed by atoms with E-state index in [2.05, 4.69) is 45.5 Å². The molecule has 1 N–H and O–H groups in total. The molecule has 0 saturated heterocycles. The molecule has 1 atom stereocenters. The van der Waals surface area contributed by atoms with Crippen LogP contribution in [0.15, 0.2) is 28.7 Å². The van der Waals surface area contributed by atoms with Crippen molar-refractivity contribution in [2.24, 2.45) is 11.8 Å². The molecule has 2 nitrogen and oxygen atoms in total. The molecule has 20 heavy (non-hydrogen) atoms. The molecule has 0 aliphatic heterocycles. The molecule has 0 spiro atoms. The van der Waals surface area contributed by atoms with Crippen LogP contribution in [0.3, 0.4) is 0 Å². The summed E-state index contributed by atoms with van der Waals surface area (Å²) in [6, 6.07) is 9.48. The van der Waals surface area contributed by atoms with E-state index < -0.39 is 0 Å². The smallest absolute Gasteiger partial charge is 0.0509 e. The van der Waals surface area contributed by atoms with Crippen LogP contribution in [0.2, 0.25) is 0 Å². The van der Waals surface area contributed by atoms with Gasteiger partial charge >= 0.3 is 0 Å². The van der Waals surface area contributed by atoms with E-state index in [1.54, 1.807) is 0 Å². The van der Waals surface area contributed by atoms with Crippen LogP contribution >= 0.6 is 15.9 Å². The maximum absolute atomic E-state index is 5.92. The molecule has 0 heterocycles. The Bertz CT molecular complexity index is 412. The van der Waals surface area contributed by atoms with Gasteiger partial charge in [0.2, 0.25) is 0 Å². The van der Waals surface area contributed by atoms with E-state index in [9.17, 15) is 0 Å². The number of rotatable bonds is 9. The molecule has 0 bridgehead atoms. The van der Waals surface area contributed by atoms with Crippen molar-refractivity contribution in [3.8, 4) is 0 Å². The summed E-state index contributed by atoms with van der Waals surface area (Å²) in [6.07, 6.45) is 6.56. The van der Waals surface area contributed by atoms with Crippen molar-refractivity contribution in [3.63, 3.8) is 0 Å². The van der Waals surface area contributed by atoms with Gasteiger partial charge in [-0.05, 0) is 61.6 Å². The van der Waals surface area contributed by atoms with E-state index in [4.69, 9.17) is 4.74 Å². The Morgan fingerprint density at radius 2 is 1.90 bits per heavy atom. The third kappa shape index (κ3) is 5.19. The van der Waals surface area contributed by atoms with Crippen molar-refractivity contribution in [3.05, 3.63) is 34.3 Å². The van der Waals surface area contributed by atoms with E-state index in [0.29, 0.717) is 5.92 Å². The van der Waals surface area contributed by atoms with Crippen molar-refractivity contribution in [1.82, 2.24) is 5.32 Å². The van der Waals surface area contributed by atoms with Crippen molar-refractivity contribution in [2.45, 2.75) is 38.1 Å². The van der Waals surface area contributed by atoms with Crippen molar-refractivity contribution >= 4 is 15.9 Å². The molecule has 1 aromatic carbocycles. The molecule has 0 amide bonds. The Morgan fingerprint density at radius 1 is 1.15 bits per heavy atom. The van der Waals surface area contributed by atoms with Gasteiger partial charge in [0.25, 0.3) is 0 Å². The molecule has 3 rings (SSSR count). The van der Waals surface area contributed by atoms with E-state index in [0.717, 1.165) is 42.6 Å². The van der Waals surface area contributed by atoms with Gasteiger partial charge in [-0.15, -0.1) is 0 Å². The van der Waals surface area contributed by atoms with Crippen molar-refractivity contribution in [1.29, 1.82) is 0 Å². The lowest BCUT2D eigenvalue weighted by molar-refractivity contribution is 0.0906. The molecule has 0 aromatic heterocycles. The minimum atomic E-state index is 0.593. The van der Waals surface area contributed by atoms with Gasteiger partial charge in [-0.3, -0.25) is 0 Å².